The van der Waals surface area contributed by atoms with Crippen molar-refractivity contribution in [2.24, 2.45) is 0 Å². The first-order chi connectivity index (χ1) is 37.7. The van der Waals surface area contributed by atoms with Crippen LogP contribution in [0.4, 0.5) is 17.1 Å². The fraction of sp³-hybridized carbons (Fsp3) is 0.0137. The van der Waals surface area contributed by atoms with Gasteiger partial charge in [0, 0.05) is 55.5 Å². The molecule has 0 saturated heterocycles. The third kappa shape index (κ3) is 6.05. The Bertz CT molecular complexity index is 4500. The minimum absolute atomic E-state index is 0.438. The van der Waals surface area contributed by atoms with Crippen LogP contribution in [-0.4, -0.2) is 9.13 Å². The summed E-state index contributed by atoms with van der Waals surface area (Å²) in [4.78, 5) is 2.42. The van der Waals surface area contributed by atoms with Gasteiger partial charge in [-0.1, -0.05) is 194 Å². The molecule has 2 aromatic heterocycles. The average molecular weight is 966 g/mol. The monoisotopic (exact) mass is 965 g/mol. The molecule has 12 aromatic carbocycles. The third-order valence-corrected chi connectivity index (χ3v) is 16.5. The summed E-state index contributed by atoms with van der Waals surface area (Å²) in [7, 11) is 0. The lowest BCUT2D eigenvalue weighted by Crippen LogP contribution is -2.26. The molecule has 0 bridgehead atoms. The van der Waals surface area contributed by atoms with Crippen molar-refractivity contribution in [1.82, 2.24) is 9.13 Å². The number of nitrogens with zero attached hydrogens (tertiary/aromatic N) is 3. The van der Waals surface area contributed by atoms with E-state index in [1.807, 2.05) is 0 Å². The predicted octanol–water partition coefficient (Wildman–Crippen LogP) is 19.0. The Morgan fingerprint density at radius 3 is 1.28 bits per heavy atom. The minimum Gasteiger partial charge on any atom is -0.310 e. The summed E-state index contributed by atoms with van der Waals surface area (Å²) in [6.07, 6.45) is 0. The first kappa shape index (κ1) is 42.5. The topological polar surface area (TPSA) is 13.1 Å². The number of hydrogen-bond acceptors (Lipinski definition) is 1. The maximum atomic E-state index is 2.48. The van der Waals surface area contributed by atoms with Gasteiger partial charge in [-0.2, -0.15) is 0 Å². The molecule has 0 amide bonds. The lowest BCUT2D eigenvalue weighted by molar-refractivity contribution is 0.793. The Morgan fingerprint density at radius 1 is 0.250 bits per heavy atom. The molecule has 3 heteroatoms. The van der Waals surface area contributed by atoms with Crippen LogP contribution in [0.2, 0.25) is 0 Å². The highest BCUT2D eigenvalue weighted by atomic mass is 15.1. The molecule has 2 aliphatic carbocycles. The SMILES string of the molecule is c1ccc(N(c2ccc(-c3cc(-c4ccc(-n5c6ccccc6c6ccccc65)cc4)c4c(c3)c3ccccc3n4-c3ccccc3)cc2)c2ccc3c(c2)C2(c4ccccc4-c4ccccc42)c2ccccc2-3)cc1. The van der Waals surface area contributed by atoms with Gasteiger partial charge in [0.05, 0.1) is 27.5 Å². The molecule has 76 heavy (non-hydrogen) atoms. The van der Waals surface area contributed by atoms with Crippen LogP contribution in [0.25, 0.3) is 99.5 Å². The van der Waals surface area contributed by atoms with Crippen molar-refractivity contribution < 1.29 is 0 Å². The number of benzene rings is 12. The van der Waals surface area contributed by atoms with E-state index in [0.29, 0.717) is 0 Å². The van der Waals surface area contributed by atoms with Crippen molar-refractivity contribution in [3.63, 3.8) is 0 Å². The summed E-state index contributed by atoms with van der Waals surface area (Å²) >= 11 is 0. The molecule has 0 fully saturated rings. The van der Waals surface area contributed by atoms with Gasteiger partial charge in [-0.15, -0.1) is 0 Å². The van der Waals surface area contributed by atoms with E-state index >= 15 is 0 Å². The van der Waals surface area contributed by atoms with E-state index in [1.165, 1.54) is 99.2 Å². The standard InChI is InChI=1S/C73H47N3/c1-3-19-51(20-4-1)74(55-43-44-59-58-25-9-15-31-67(58)73(68(59)47-55)65-29-13-7-23-56(65)57-24-8-14-30-66(57)73)53-39-35-48(36-40-53)50-45-63(72-64(46-50)62-28-12-18-34-71(62)76(72)52-21-5-2-6-22-52)49-37-41-54(42-38-49)75-69-32-16-10-26-60(69)61-27-11-17-33-70(61)75/h1-47H. The summed E-state index contributed by atoms with van der Waals surface area (Å²) in [6, 6.07) is 106. The largest absolute Gasteiger partial charge is 0.310 e. The van der Waals surface area contributed by atoms with Crippen LogP contribution >= 0.6 is 0 Å². The van der Waals surface area contributed by atoms with Crippen molar-refractivity contribution in [3.8, 4) is 55.9 Å². The van der Waals surface area contributed by atoms with Crippen LogP contribution in [0.5, 0.6) is 0 Å². The third-order valence-electron chi connectivity index (χ3n) is 16.5. The molecule has 0 radical (unpaired) electrons. The molecule has 16 rings (SSSR count). The van der Waals surface area contributed by atoms with Crippen molar-refractivity contribution in [2.45, 2.75) is 5.41 Å². The minimum atomic E-state index is -0.438. The van der Waals surface area contributed by atoms with Crippen molar-refractivity contribution >= 4 is 60.7 Å². The highest BCUT2D eigenvalue weighted by molar-refractivity contribution is 6.15. The number of hydrogen-bond donors (Lipinski definition) is 0. The summed E-state index contributed by atoms with van der Waals surface area (Å²) < 4.78 is 4.85. The van der Waals surface area contributed by atoms with Crippen molar-refractivity contribution in [1.29, 1.82) is 0 Å². The van der Waals surface area contributed by atoms with Crippen LogP contribution in [-0.2, 0) is 5.41 Å². The quantitative estimate of drug-likeness (QED) is 0.155. The number of fused-ring (bicyclic) bond motifs is 16. The fourth-order valence-electron chi connectivity index (χ4n) is 13.4. The second-order valence-corrected chi connectivity index (χ2v) is 20.4. The Kier molecular flexibility index (Phi) is 9.25. The molecular formula is C73H47N3. The first-order valence-electron chi connectivity index (χ1n) is 26.3. The molecule has 1 spiro atoms. The van der Waals surface area contributed by atoms with Gasteiger partial charge in [0.1, 0.15) is 0 Å². The van der Waals surface area contributed by atoms with Gasteiger partial charge in [0.15, 0.2) is 0 Å². The molecule has 2 aliphatic rings. The lowest BCUT2D eigenvalue weighted by Gasteiger charge is -2.32. The zero-order valence-corrected chi connectivity index (χ0v) is 41.5. The zero-order valence-electron chi connectivity index (χ0n) is 41.5. The van der Waals surface area contributed by atoms with Gasteiger partial charge < -0.3 is 14.0 Å². The van der Waals surface area contributed by atoms with Gasteiger partial charge in [-0.25, -0.2) is 0 Å². The van der Waals surface area contributed by atoms with Gasteiger partial charge in [-0.3, -0.25) is 0 Å². The Morgan fingerprint density at radius 2 is 0.684 bits per heavy atom. The average Bonchev–Trinajstić information content (AvgIpc) is 4.41. The lowest BCUT2D eigenvalue weighted by atomic mass is 9.70. The van der Waals surface area contributed by atoms with E-state index in [-0.39, 0.29) is 0 Å². The Balaban J connectivity index is 0.858. The van der Waals surface area contributed by atoms with Gasteiger partial charge in [0.2, 0.25) is 0 Å². The highest BCUT2D eigenvalue weighted by Crippen LogP contribution is 2.63. The summed E-state index contributed by atoms with van der Waals surface area (Å²) in [5.41, 5.74) is 25.2. The first-order valence-corrected chi connectivity index (χ1v) is 26.3. The van der Waals surface area contributed by atoms with Gasteiger partial charge in [0.25, 0.3) is 0 Å². The van der Waals surface area contributed by atoms with Crippen molar-refractivity contribution in [3.05, 3.63) is 307 Å². The molecule has 354 valence electrons. The van der Waals surface area contributed by atoms with Crippen LogP contribution < -0.4 is 4.90 Å². The number of anilines is 3. The summed E-state index contributed by atoms with van der Waals surface area (Å²) in [5.74, 6) is 0. The van der Waals surface area contributed by atoms with E-state index in [0.717, 1.165) is 39.6 Å². The Hall–Kier alpha value is -9.96. The molecule has 0 unspecified atom stereocenters. The number of para-hydroxylation sites is 5. The van der Waals surface area contributed by atoms with Crippen LogP contribution in [0.3, 0.4) is 0 Å². The van der Waals surface area contributed by atoms with E-state index in [4.69, 9.17) is 0 Å². The molecule has 3 nitrogen and oxygen atoms in total. The number of rotatable bonds is 7. The summed E-state index contributed by atoms with van der Waals surface area (Å²) in [5, 5.41) is 4.96. The van der Waals surface area contributed by atoms with E-state index in [9.17, 15) is 0 Å². The number of aromatic nitrogens is 2. The zero-order chi connectivity index (χ0) is 49.9. The second-order valence-electron chi connectivity index (χ2n) is 20.4. The molecular weight excluding hydrogens is 919 g/mol. The smallest absolute Gasteiger partial charge is 0.0726 e. The van der Waals surface area contributed by atoms with E-state index in [1.54, 1.807) is 0 Å². The Labute approximate surface area is 441 Å². The van der Waals surface area contributed by atoms with Crippen LogP contribution in [0.15, 0.2) is 285 Å². The van der Waals surface area contributed by atoms with E-state index in [2.05, 4.69) is 299 Å². The molecule has 14 aromatic rings. The van der Waals surface area contributed by atoms with Crippen LogP contribution in [0.1, 0.15) is 22.3 Å². The normalized spacial score (nSPS) is 12.8. The van der Waals surface area contributed by atoms with Gasteiger partial charge >= 0.3 is 0 Å². The molecule has 0 N–H and O–H groups in total. The van der Waals surface area contributed by atoms with Gasteiger partial charge in [-0.05, 0) is 152 Å². The molecule has 0 saturated carbocycles. The summed E-state index contributed by atoms with van der Waals surface area (Å²) in [6.45, 7) is 0. The predicted molar refractivity (Wildman–Crippen MR) is 317 cm³/mol. The highest BCUT2D eigenvalue weighted by Gasteiger charge is 2.51. The van der Waals surface area contributed by atoms with Crippen molar-refractivity contribution in [2.75, 3.05) is 4.90 Å². The maximum Gasteiger partial charge on any atom is 0.0726 e. The maximum absolute atomic E-state index is 2.48. The molecule has 0 aliphatic heterocycles. The van der Waals surface area contributed by atoms with Crippen LogP contribution in [0, 0.1) is 0 Å². The fourth-order valence-corrected chi connectivity index (χ4v) is 13.4. The molecule has 0 atom stereocenters. The molecule has 2 heterocycles. The van der Waals surface area contributed by atoms with E-state index < -0.39 is 5.41 Å². The second kappa shape index (κ2) is 16.5.